The minimum atomic E-state index is 0.00490. The zero-order valence-electron chi connectivity index (χ0n) is 10.1. The first kappa shape index (κ1) is 12.1. The van der Waals surface area contributed by atoms with Gasteiger partial charge < -0.3 is 14.6 Å². The van der Waals surface area contributed by atoms with E-state index in [1.165, 1.54) is 0 Å². The summed E-state index contributed by atoms with van der Waals surface area (Å²) in [5, 5.41) is 9.30. The summed E-state index contributed by atoms with van der Waals surface area (Å²) in [5.41, 5.74) is 0. The lowest BCUT2D eigenvalue weighted by atomic mass is 10.0. The molecule has 0 aromatic carbocycles. The molecule has 1 N–H and O–H groups in total. The van der Waals surface area contributed by atoms with E-state index in [0.29, 0.717) is 18.9 Å². The Kier molecular flexibility index (Phi) is 3.78. The van der Waals surface area contributed by atoms with E-state index in [0.717, 1.165) is 13.0 Å². The number of imidazole rings is 1. The fraction of sp³-hybridized carbons (Fsp3) is 0.667. The summed E-state index contributed by atoms with van der Waals surface area (Å²) >= 11 is 0. The van der Waals surface area contributed by atoms with E-state index in [-0.39, 0.29) is 18.6 Å². The van der Waals surface area contributed by atoms with Gasteiger partial charge in [0.25, 0.3) is 0 Å². The van der Waals surface area contributed by atoms with Gasteiger partial charge in [0.1, 0.15) is 0 Å². The van der Waals surface area contributed by atoms with Crippen LogP contribution in [0.5, 0.6) is 0 Å². The number of hydrogen-bond acceptors (Lipinski definition) is 3. The Balaban J connectivity index is 1.87. The van der Waals surface area contributed by atoms with Crippen LogP contribution in [0.4, 0.5) is 0 Å². The predicted molar refractivity (Wildman–Crippen MR) is 63.2 cm³/mol. The predicted octanol–water partition coefficient (Wildman–Crippen LogP) is 0.502. The fourth-order valence-corrected chi connectivity index (χ4v) is 2.38. The first-order valence-corrected chi connectivity index (χ1v) is 6.08. The molecule has 1 fully saturated rings. The highest BCUT2D eigenvalue weighted by Gasteiger charge is 2.33. The van der Waals surface area contributed by atoms with Crippen molar-refractivity contribution in [3.63, 3.8) is 0 Å². The molecule has 1 aromatic heterocycles. The zero-order chi connectivity index (χ0) is 12.3. The molecule has 0 aliphatic carbocycles. The van der Waals surface area contributed by atoms with Crippen molar-refractivity contribution in [1.29, 1.82) is 0 Å². The van der Waals surface area contributed by atoms with Crippen molar-refractivity contribution in [3.05, 3.63) is 18.7 Å². The van der Waals surface area contributed by atoms with Crippen molar-refractivity contribution in [2.45, 2.75) is 32.4 Å². The molecule has 2 heterocycles. The summed E-state index contributed by atoms with van der Waals surface area (Å²) in [4.78, 5) is 17.8. The molecule has 1 aliphatic rings. The summed E-state index contributed by atoms with van der Waals surface area (Å²) in [6, 6.07) is 0.00490. The van der Waals surface area contributed by atoms with Crippen LogP contribution in [-0.4, -0.2) is 44.7 Å². The number of nitrogens with zero attached hydrogens (tertiary/aromatic N) is 3. The van der Waals surface area contributed by atoms with Crippen molar-refractivity contribution in [1.82, 2.24) is 14.5 Å². The van der Waals surface area contributed by atoms with Crippen molar-refractivity contribution in [2.24, 2.45) is 5.92 Å². The van der Waals surface area contributed by atoms with Crippen molar-refractivity contribution in [3.8, 4) is 0 Å². The van der Waals surface area contributed by atoms with Gasteiger partial charge in [0.05, 0.1) is 19.0 Å². The van der Waals surface area contributed by atoms with Crippen LogP contribution in [0.25, 0.3) is 0 Å². The van der Waals surface area contributed by atoms with Crippen LogP contribution < -0.4 is 0 Å². The molecule has 0 bridgehead atoms. The summed E-state index contributed by atoms with van der Waals surface area (Å²) in [7, 11) is 0. The Bertz CT molecular complexity index is 364. The Labute approximate surface area is 101 Å². The van der Waals surface area contributed by atoms with Gasteiger partial charge in [-0.05, 0) is 12.3 Å². The fourth-order valence-electron chi connectivity index (χ4n) is 2.38. The standard InChI is InChI=1S/C12H19N3O2/c1-10-2-6-15(11(10)8-16)12(17)3-5-14-7-4-13-9-14/h4,7,9-11,16H,2-3,5-6,8H2,1H3. The van der Waals surface area contributed by atoms with Gasteiger partial charge in [-0.25, -0.2) is 4.98 Å². The molecule has 1 aliphatic heterocycles. The second kappa shape index (κ2) is 5.31. The van der Waals surface area contributed by atoms with Gasteiger partial charge in [-0.1, -0.05) is 6.92 Å². The molecule has 1 amide bonds. The minimum Gasteiger partial charge on any atom is -0.394 e. The molecule has 0 spiro atoms. The van der Waals surface area contributed by atoms with E-state index in [1.807, 2.05) is 15.7 Å². The number of rotatable bonds is 4. The van der Waals surface area contributed by atoms with Crippen LogP contribution in [0.15, 0.2) is 18.7 Å². The number of aryl methyl sites for hydroxylation is 1. The van der Waals surface area contributed by atoms with Crippen LogP contribution in [0.3, 0.4) is 0 Å². The molecule has 2 atom stereocenters. The van der Waals surface area contributed by atoms with Gasteiger partial charge in [0, 0.05) is 31.9 Å². The number of aliphatic hydroxyl groups is 1. The molecule has 17 heavy (non-hydrogen) atoms. The third-order valence-corrected chi connectivity index (χ3v) is 3.53. The lowest BCUT2D eigenvalue weighted by Gasteiger charge is -2.25. The Morgan fingerprint density at radius 1 is 1.59 bits per heavy atom. The number of aromatic nitrogens is 2. The van der Waals surface area contributed by atoms with Gasteiger partial charge in [-0.3, -0.25) is 4.79 Å². The zero-order valence-corrected chi connectivity index (χ0v) is 10.1. The van der Waals surface area contributed by atoms with E-state index in [1.54, 1.807) is 12.5 Å². The van der Waals surface area contributed by atoms with Gasteiger partial charge in [0.15, 0.2) is 0 Å². The highest BCUT2D eigenvalue weighted by molar-refractivity contribution is 5.76. The molecule has 0 saturated carbocycles. The average Bonchev–Trinajstić information content (AvgIpc) is 2.94. The lowest BCUT2D eigenvalue weighted by Crippen LogP contribution is -2.40. The summed E-state index contributed by atoms with van der Waals surface area (Å²) in [6.45, 7) is 3.58. The molecule has 5 heteroatoms. The number of carbonyl (C=O) groups excluding carboxylic acids is 1. The maximum absolute atomic E-state index is 12.0. The Morgan fingerprint density at radius 3 is 3.06 bits per heavy atom. The van der Waals surface area contributed by atoms with Crippen LogP contribution in [0, 0.1) is 5.92 Å². The van der Waals surface area contributed by atoms with Gasteiger partial charge in [-0.2, -0.15) is 0 Å². The molecule has 5 nitrogen and oxygen atoms in total. The highest BCUT2D eigenvalue weighted by atomic mass is 16.3. The molecule has 0 radical (unpaired) electrons. The molecule has 1 saturated heterocycles. The SMILES string of the molecule is CC1CCN(C(=O)CCn2ccnc2)C1CO. The average molecular weight is 237 g/mol. The number of likely N-dealkylation sites (tertiary alicyclic amines) is 1. The summed E-state index contributed by atoms with van der Waals surface area (Å²) in [6.07, 6.45) is 6.73. The molecule has 2 rings (SSSR count). The Hall–Kier alpha value is -1.36. The monoisotopic (exact) mass is 237 g/mol. The minimum absolute atomic E-state index is 0.00490. The van der Waals surface area contributed by atoms with Crippen molar-refractivity contribution >= 4 is 5.91 Å². The van der Waals surface area contributed by atoms with E-state index in [9.17, 15) is 9.90 Å². The normalized spacial score (nSPS) is 24.2. The van der Waals surface area contributed by atoms with Gasteiger partial charge >= 0.3 is 0 Å². The quantitative estimate of drug-likeness (QED) is 0.829. The van der Waals surface area contributed by atoms with Crippen LogP contribution in [-0.2, 0) is 11.3 Å². The maximum atomic E-state index is 12.0. The number of hydrogen-bond donors (Lipinski definition) is 1. The molecular weight excluding hydrogens is 218 g/mol. The number of amides is 1. The lowest BCUT2D eigenvalue weighted by molar-refractivity contribution is -0.133. The first-order valence-electron chi connectivity index (χ1n) is 6.08. The second-order valence-electron chi connectivity index (χ2n) is 4.65. The van der Waals surface area contributed by atoms with E-state index < -0.39 is 0 Å². The second-order valence-corrected chi connectivity index (χ2v) is 4.65. The molecule has 2 unspecified atom stereocenters. The van der Waals surface area contributed by atoms with E-state index >= 15 is 0 Å². The first-order chi connectivity index (χ1) is 8.22. The topological polar surface area (TPSA) is 58.4 Å². The third kappa shape index (κ3) is 2.66. The molecular formula is C12H19N3O2. The summed E-state index contributed by atoms with van der Waals surface area (Å²) in [5.74, 6) is 0.527. The van der Waals surface area contributed by atoms with Crippen LogP contribution in [0.1, 0.15) is 19.8 Å². The van der Waals surface area contributed by atoms with E-state index in [2.05, 4.69) is 11.9 Å². The van der Waals surface area contributed by atoms with Gasteiger partial charge in [-0.15, -0.1) is 0 Å². The largest absolute Gasteiger partial charge is 0.394 e. The third-order valence-electron chi connectivity index (χ3n) is 3.53. The van der Waals surface area contributed by atoms with Crippen LogP contribution in [0.2, 0.25) is 0 Å². The Morgan fingerprint density at radius 2 is 2.41 bits per heavy atom. The molecule has 1 aromatic rings. The van der Waals surface area contributed by atoms with Crippen molar-refractivity contribution < 1.29 is 9.90 Å². The van der Waals surface area contributed by atoms with E-state index in [4.69, 9.17) is 0 Å². The van der Waals surface area contributed by atoms with Crippen molar-refractivity contribution in [2.75, 3.05) is 13.2 Å². The molecule has 94 valence electrons. The maximum Gasteiger partial charge on any atom is 0.224 e. The van der Waals surface area contributed by atoms with Crippen LogP contribution >= 0.6 is 0 Å². The highest BCUT2D eigenvalue weighted by Crippen LogP contribution is 2.24. The smallest absolute Gasteiger partial charge is 0.224 e. The number of aliphatic hydroxyl groups excluding tert-OH is 1. The van der Waals surface area contributed by atoms with Gasteiger partial charge in [0.2, 0.25) is 5.91 Å². The number of carbonyl (C=O) groups is 1. The summed E-state index contributed by atoms with van der Waals surface area (Å²) < 4.78 is 1.89.